The summed E-state index contributed by atoms with van der Waals surface area (Å²) in [6.07, 6.45) is 1.30. The number of oxazole rings is 1. The molecule has 1 rings (SSSR count). The van der Waals surface area contributed by atoms with Crippen LogP contribution >= 0.6 is 9.90 Å². The van der Waals surface area contributed by atoms with E-state index in [1.165, 1.54) is 20.4 Å². The molecule has 0 bridgehead atoms. The lowest BCUT2D eigenvalue weighted by Crippen LogP contribution is -2.00. The molecular weight excluding hydrogens is 181 g/mol. The molecule has 0 radical (unpaired) electrons. The van der Waals surface area contributed by atoms with Crippen molar-refractivity contribution in [1.82, 2.24) is 4.98 Å². The fourth-order valence-electron chi connectivity index (χ4n) is 0.535. The van der Waals surface area contributed by atoms with Crippen LogP contribution in [0.2, 0.25) is 0 Å². The van der Waals surface area contributed by atoms with E-state index in [4.69, 9.17) is 4.42 Å². The number of aromatic nitrogens is 1. The van der Waals surface area contributed by atoms with Crippen molar-refractivity contribution in [3.63, 3.8) is 0 Å². The zero-order valence-corrected chi connectivity index (χ0v) is 8.28. The minimum Gasteiger partial charge on any atom is -0.467 e. The summed E-state index contributed by atoms with van der Waals surface area (Å²) in [6.45, 7) is 0. The fraction of sp³-hybridized carbons (Fsp3) is 0.333. The maximum Gasteiger partial charge on any atom is 0.394 e. The number of hydrogen-bond donors (Lipinski definition) is 0. The molecule has 0 saturated heterocycles. The van der Waals surface area contributed by atoms with Crippen molar-refractivity contribution in [2.75, 3.05) is 14.2 Å². The number of hydrogen-bond acceptors (Lipinski definition) is 5. The van der Waals surface area contributed by atoms with E-state index in [1.54, 1.807) is 0 Å². The van der Waals surface area contributed by atoms with Crippen molar-refractivity contribution < 1.29 is 18.7 Å². The topological polar surface area (TPSA) is 61.6 Å². The fourth-order valence-corrected chi connectivity index (χ4v) is 0.535. The van der Waals surface area contributed by atoms with Gasteiger partial charge in [0.2, 0.25) is 0 Å². The zero-order valence-electron chi connectivity index (χ0n) is 6.86. The average molecular weight is 191 g/mol. The third-order valence-corrected chi connectivity index (χ3v) is 1.05. The summed E-state index contributed by atoms with van der Waals surface area (Å²) in [5.74, 6) is -0.539. The maximum atomic E-state index is 10.7. The summed E-state index contributed by atoms with van der Waals surface area (Å²) < 4.78 is 13.8. The van der Waals surface area contributed by atoms with Crippen LogP contribution < -0.4 is 4.74 Å². The SMILES string of the molecule is COC(=O)c1ncc(OC)o1.P. The molecule has 0 fully saturated rings. The van der Waals surface area contributed by atoms with Crippen molar-refractivity contribution in [3.8, 4) is 5.95 Å². The number of ether oxygens (including phenoxy) is 2. The predicted octanol–water partition coefficient (Wildman–Crippen LogP) is 0.528. The Morgan fingerprint density at radius 1 is 1.58 bits per heavy atom. The summed E-state index contributed by atoms with van der Waals surface area (Å²) in [6, 6.07) is 0. The molecule has 1 atom stereocenters. The first kappa shape index (κ1) is 10.9. The van der Waals surface area contributed by atoms with E-state index in [-0.39, 0.29) is 21.7 Å². The van der Waals surface area contributed by atoms with Crippen LogP contribution in [-0.2, 0) is 4.74 Å². The van der Waals surface area contributed by atoms with Crippen LogP contribution in [0.25, 0.3) is 0 Å². The van der Waals surface area contributed by atoms with Gasteiger partial charge in [-0.1, -0.05) is 0 Å². The lowest BCUT2D eigenvalue weighted by molar-refractivity contribution is 0.0550. The minimum atomic E-state index is -0.617. The Morgan fingerprint density at radius 2 is 2.25 bits per heavy atom. The van der Waals surface area contributed by atoms with Crippen LogP contribution in [0.3, 0.4) is 0 Å². The Bertz CT molecular complexity index is 260. The quantitative estimate of drug-likeness (QED) is 0.504. The van der Waals surface area contributed by atoms with Crippen molar-refractivity contribution >= 4 is 15.9 Å². The van der Waals surface area contributed by atoms with Crippen molar-refractivity contribution in [2.45, 2.75) is 0 Å². The van der Waals surface area contributed by atoms with Gasteiger partial charge in [-0.3, -0.25) is 0 Å². The second-order valence-corrected chi connectivity index (χ2v) is 1.68. The Hall–Kier alpha value is -1.09. The highest BCUT2D eigenvalue weighted by Gasteiger charge is 2.12. The molecule has 0 saturated carbocycles. The van der Waals surface area contributed by atoms with E-state index in [2.05, 4.69) is 14.5 Å². The van der Waals surface area contributed by atoms with E-state index >= 15 is 0 Å². The van der Waals surface area contributed by atoms with Gasteiger partial charge in [0.25, 0.3) is 0 Å². The van der Waals surface area contributed by atoms with Crippen molar-refractivity contribution in [3.05, 3.63) is 12.1 Å². The molecule has 68 valence electrons. The first-order valence-corrected chi connectivity index (χ1v) is 2.86. The molecule has 1 heterocycles. The number of rotatable bonds is 2. The van der Waals surface area contributed by atoms with Gasteiger partial charge in [-0.05, 0) is 0 Å². The first-order valence-electron chi connectivity index (χ1n) is 2.86. The van der Waals surface area contributed by atoms with Gasteiger partial charge in [-0.15, -0.1) is 0 Å². The Kier molecular flexibility index (Phi) is 4.29. The molecule has 0 aliphatic carbocycles. The van der Waals surface area contributed by atoms with Gasteiger partial charge in [-0.2, -0.15) is 9.90 Å². The van der Waals surface area contributed by atoms with E-state index in [0.717, 1.165) is 0 Å². The van der Waals surface area contributed by atoms with Crippen LogP contribution in [0.4, 0.5) is 0 Å². The van der Waals surface area contributed by atoms with Crippen LogP contribution in [0.1, 0.15) is 10.7 Å². The van der Waals surface area contributed by atoms with Crippen LogP contribution in [0.15, 0.2) is 10.6 Å². The standard InChI is InChI=1S/C6H7NO4.H3P/c1-9-4-3-7-5(11-4)6(8)10-2;/h3H,1-2H3;1H3. The van der Waals surface area contributed by atoms with Gasteiger partial charge in [0.05, 0.1) is 14.2 Å². The lowest BCUT2D eigenvalue weighted by Gasteiger charge is -1.90. The molecule has 1 aromatic rings. The van der Waals surface area contributed by atoms with Crippen molar-refractivity contribution in [1.29, 1.82) is 0 Å². The number of esters is 1. The molecule has 0 aliphatic rings. The summed E-state index contributed by atoms with van der Waals surface area (Å²) in [4.78, 5) is 14.3. The normalized spacial score (nSPS) is 8.50. The minimum absolute atomic E-state index is 0. The average Bonchev–Trinajstić information content (AvgIpc) is 2.50. The van der Waals surface area contributed by atoms with Crippen LogP contribution in [-0.4, -0.2) is 25.2 Å². The smallest absolute Gasteiger partial charge is 0.394 e. The molecule has 0 N–H and O–H groups in total. The van der Waals surface area contributed by atoms with E-state index in [9.17, 15) is 4.79 Å². The molecule has 1 aromatic heterocycles. The highest BCUT2D eigenvalue weighted by atomic mass is 31.0. The molecule has 0 aromatic carbocycles. The zero-order chi connectivity index (χ0) is 8.27. The summed E-state index contributed by atoms with van der Waals surface area (Å²) in [5.41, 5.74) is 0. The van der Waals surface area contributed by atoms with Gasteiger partial charge in [0.15, 0.2) is 0 Å². The molecule has 5 nitrogen and oxygen atoms in total. The van der Waals surface area contributed by atoms with E-state index in [0.29, 0.717) is 0 Å². The third kappa shape index (κ3) is 2.20. The highest BCUT2D eigenvalue weighted by Crippen LogP contribution is 2.11. The molecule has 1 unspecified atom stereocenters. The van der Waals surface area contributed by atoms with Crippen LogP contribution in [0.5, 0.6) is 5.95 Å². The van der Waals surface area contributed by atoms with Gasteiger partial charge in [-0.25, -0.2) is 9.78 Å². The monoisotopic (exact) mass is 191 g/mol. The van der Waals surface area contributed by atoms with E-state index in [1.807, 2.05) is 0 Å². The highest BCUT2D eigenvalue weighted by molar-refractivity contribution is 6.92. The summed E-state index contributed by atoms with van der Waals surface area (Å²) in [5, 5.41) is 0. The Labute approximate surface area is 72.7 Å². The lowest BCUT2D eigenvalue weighted by atomic mass is 10.7. The number of methoxy groups -OCH3 is 2. The van der Waals surface area contributed by atoms with E-state index < -0.39 is 5.97 Å². The molecular formula is C6H10NO4P. The molecule has 0 spiro atoms. The molecule has 6 heteroatoms. The number of carbonyl (C=O) groups excluding carboxylic acids is 1. The second kappa shape index (κ2) is 4.72. The van der Waals surface area contributed by atoms with Gasteiger partial charge in [0.1, 0.15) is 6.20 Å². The Balaban J connectivity index is 0.00000121. The third-order valence-electron chi connectivity index (χ3n) is 1.05. The van der Waals surface area contributed by atoms with Crippen LogP contribution in [0, 0.1) is 0 Å². The largest absolute Gasteiger partial charge is 0.467 e. The van der Waals surface area contributed by atoms with Gasteiger partial charge in [0, 0.05) is 0 Å². The summed E-state index contributed by atoms with van der Waals surface area (Å²) >= 11 is 0. The number of carbonyl (C=O) groups is 1. The van der Waals surface area contributed by atoms with Crippen molar-refractivity contribution in [2.24, 2.45) is 0 Å². The second-order valence-electron chi connectivity index (χ2n) is 1.68. The molecule has 0 amide bonds. The maximum absolute atomic E-state index is 10.7. The van der Waals surface area contributed by atoms with Gasteiger partial charge >= 0.3 is 17.8 Å². The molecule has 0 aliphatic heterocycles. The molecule has 12 heavy (non-hydrogen) atoms. The predicted molar refractivity (Wildman–Crippen MR) is 45.5 cm³/mol. The van der Waals surface area contributed by atoms with Gasteiger partial charge < -0.3 is 13.9 Å². The number of nitrogens with zero attached hydrogens (tertiary/aromatic N) is 1. The summed E-state index contributed by atoms with van der Waals surface area (Å²) in [7, 11) is 2.67. The first-order chi connectivity index (χ1) is 5.27. The Morgan fingerprint density at radius 3 is 2.67 bits per heavy atom.